The molecule has 0 aliphatic carbocycles. The smallest absolute Gasteiger partial charge is 0.310 e. The second-order valence-corrected chi connectivity index (χ2v) is 5.50. The summed E-state index contributed by atoms with van der Waals surface area (Å²) < 4.78 is 4.96. The monoisotopic (exact) mass is 314 g/mol. The summed E-state index contributed by atoms with van der Waals surface area (Å²) >= 11 is 1.25. The summed E-state index contributed by atoms with van der Waals surface area (Å²) in [5.74, 6) is -0.923. The number of anilines is 1. The number of carbonyl (C=O) groups excluding carboxylic acids is 2. The number of aryl methyl sites for hydroxylation is 1. The predicted molar refractivity (Wildman–Crippen MR) is 83.5 cm³/mol. The number of thiophene rings is 1. The maximum absolute atomic E-state index is 11.7. The summed E-state index contributed by atoms with van der Waals surface area (Å²) in [6.07, 6.45) is 0.127. The van der Waals surface area contributed by atoms with Crippen molar-refractivity contribution >= 4 is 28.2 Å². The first kappa shape index (κ1) is 15.7. The third-order valence-electron chi connectivity index (χ3n) is 3.00. The van der Waals surface area contributed by atoms with Gasteiger partial charge in [0.2, 0.25) is 0 Å². The van der Waals surface area contributed by atoms with E-state index in [1.165, 1.54) is 11.3 Å². The zero-order valence-corrected chi connectivity index (χ0v) is 12.8. The Morgan fingerprint density at radius 2 is 2.09 bits per heavy atom. The second-order valence-electron chi connectivity index (χ2n) is 4.59. The Labute approximate surface area is 132 Å². The van der Waals surface area contributed by atoms with E-state index in [1.807, 2.05) is 37.3 Å². The molecule has 0 spiro atoms. The number of carbonyl (C=O) groups is 2. The van der Waals surface area contributed by atoms with Crippen LogP contribution in [0, 0.1) is 18.3 Å². The number of ether oxygens (including phenoxy) is 1. The largest absolute Gasteiger partial charge is 0.455 e. The van der Waals surface area contributed by atoms with Gasteiger partial charge in [-0.05, 0) is 29.5 Å². The highest BCUT2D eigenvalue weighted by molar-refractivity contribution is 7.14. The quantitative estimate of drug-likeness (QED) is 0.861. The van der Waals surface area contributed by atoms with Gasteiger partial charge in [0, 0.05) is 0 Å². The summed E-state index contributed by atoms with van der Waals surface area (Å²) in [6, 6.07) is 11.1. The van der Waals surface area contributed by atoms with Crippen LogP contribution in [0.5, 0.6) is 0 Å². The molecule has 0 saturated carbocycles. The van der Waals surface area contributed by atoms with Crippen molar-refractivity contribution in [3.63, 3.8) is 0 Å². The van der Waals surface area contributed by atoms with Crippen LogP contribution in [-0.4, -0.2) is 18.5 Å². The molecule has 1 aromatic carbocycles. The Morgan fingerprint density at radius 3 is 2.82 bits per heavy atom. The molecule has 22 heavy (non-hydrogen) atoms. The van der Waals surface area contributed by atoms with Gasteiger partial charge in [-0.15, -0.1) is 11.3 Å². The highest BCUT2D eigenvalue weighted by Gasteiger charge is 2.12. The van der Waals surface area contributed by atoms with E-state index in [0.29, 0.717) is 10.6 Å². The summed E-state index contributed by atoms with van der Waals surface area (Å²) in [4.78, 5) is 23.5. The van der Waals surface area contributed by atoms with Gasteiger partial charge >= 0.3 is 5.97 Å². The number of amides is 1. The fourth-order valence-corrected chi connectivity index (χ4v) is 2.57. The molecule has 0 unspecified atom stereocenters. The molecule has 0 atom stereocenters. The number of nitrogens with one attached hydrogen (secondary N) is 1. The van der Waals surface area contributed by atoms with Crippen LogP contribution in [0.25, 0.3) is 0 Å². The fraction of sp³-hybridized carbons (Fsp3) is 0.188. The van der Waals surface area contributed by atoms with E-state index in [-0.39, 0.29) is 13.0 Å². The summed E-state index contributed by atoms with van der Waals surface area (Å²) in [5, 5.41) is 13.6. The Balaban J connectivity index is 1.83. The van der Waals surface area contributed by atoms with Crippen LogP contribution in [0.3, 0.4) is 0 Å². The minimum atomic E-state index is -0.462. The van der Waals surface area contributed by atoms with Crippen molar-refractivity contribution in [2.75, 3.05) is 11.9 Å². The second kappa shape index (κ2) is 7.38. The van der Waals surface area contributed by atoms with Gasteiger partial charge in [0.15, 0.2) is 6.61 Å². The molecule has 1 amide bonds. The Morgan fingerprint density at radius 1 is 1.32 bits per heavy atom. The topological polar surface area (TPSA) is 79.2 Å². The van der Waals surface area contributed by atoms with Crippen molar-refractivity contribution in [3.05, 3.63) is 52.4 Å². The van der Waals surface area contributed by atoms with Gasteiger partial charge in [-0.25, -0.2) is 0 Å². The van der Waals surface area contributed by atoms with Crippen molar-refractivity contribution in [2.24, 2.45) is 0 Å². The number of rotatable bonds is 5. The van der Waals surface area contributed by atoms with E-state index in [2.05, 4.69) is 5.32 Å². The van der Waals surface area contributed by atoms with E-state index < -0.39 is 11.9 Å². The molecule has 2 aromatic rings. The first-order chi connectivity index (χ1) is 10.6. The highest BCUT2D eigenvalue weighted by Crippen LogP contribution is 2.21. The molecule has 0 saturated heterocycles. The number of esters is 1. The normalized spacial score (nSPS) is 9.82. The Hall–Kier alpha value is -2.65. The van der Waals surface area contributed by atoms with Crippen LogP contribution in [0.4, 0.5) is 5.00 Å². The van der Waals surface area contributed by atoms with Gasteiger partial charge in [0.1, 0.15) is 11.1 Å². The lowest BCUT2D eigenvalue weighted by atomic mass is 10.1. The zero-order valence-electron chi connectivity index (χ0n) is 12.0. The molecule has 0 fully saturated rings. The van der Waals surface area contributed by atoms with Gasteiger partial charge in [0.25, 0.3) is 5.91 Å². The van der Waals surface area contributed by atoms with E-state index >= 15 is 0 Å². The average Bonchev–Trinajstić information content (AvgIpc) is 2.94. The van der Waals surface area contributed by atoms with Gasteiger partial charge in [-0.2, -0.15) is 5.26 Å². The molecule has 5 nitrogen and oxygen atoms in total. The van der Waals surface area contributed by atoms with Gasteiger partial charge in [0.05, 0.1) is 12.0 Å². The molecule has 0 bridgehead atoms. The lowest BCUT2D eigenvalue weighted by Crippen LogP contribution is -2.21. The van der Waals surface area contributed by atoms with Crippen LogP contribution < -0.4 is 5.32 Å². The first-order valence-corrected chi connectivity index (χ1v) is 7.45. The fourth-order valence-electron chi connectivity index (χ4n) is 1.82. The number of benzene rings is 1. The molecule has 1 N–H and O–H groups in total. The summed E-state index contributed by atoms with van der Waals surface area (Å²) in [7, 11) is 0. The molecule has 0 radical (unpaired) electrons. The van der Waals surface area contributed by atoms with E-state index in [9.17, 15) is 9.59 Å². The zero-order chi connectivity index (χ0) is 15.9. The number of nitrogens with zero attached hydrogens (tertiary/aromatic N) is 1. The van der Waals surface area contributed by atoms with E-state index in [1.54, 1.807) is 11.4 Å². The van der Waals surface area contributed by atoms with Crippen LogP contribution in [0.15, 0.2) is 35.7 Å². The van der Waals surface area contributed by atoms with E-state index in [4.69, 9.17) is 10.00 Å². The van der Waals surface area contributed by atoms with Crippen LogP contribution in [-0.2, 0) is 20.7 Å². The van der Waals surface area contributed by atoms with Crippen molar-refractivity contribution in [3.8, 4) is 6.07 Å². The van der Waals surface area contributed by atoms with Crippen molar-refractivity contribution < 1.29 is 14.3 Å². The van der Waals surface area contributed by atoms with Gasteiger partial charge in [-0.3, -0.25) is 9.59 Å². The van der Waals surface area contributed by atoms with E-state index in [0.717, 1.165) is 11.1 Å². The molecule has 112 valence electrons. The SMILES string of the molecule is Cc1ccccc1CC(=O)OCC(=O)Nc1sccc1C#N. The van der Waals surface area contributed by atoms with Crippen molar-refractivity contribution in [2.45, 2.75) is 13.3 Å². The molecule has 6 heteroatoms. The molecule has 2 rings (SSSR count). The standard InChI is InChI=1S/C16H14N2O3S/c1-11-4-2-3-5-12(11)8-15(20)21-10-14(19)18-16-13(9-17)6-7-22-16/h2-7H,8,10H2,1H3,(H,18,19). The molecule has 0 aliphatic rings. The average molecular weight is 314 g/mol. The third kappa shape index (κ3) is 4.17. The van der Waals surface area contributed by atoms with Gasteiger partial charge in [-0.1, -0.05) is 24.3 Å². The van der Waals surface area contributed by atoms with Crippen LogP contribution >= 0.6 is 11.3 Å². The Kier molecular flexibility index (Phi) is 5.28. The molecular weight excluding hydrogens is 300 g/mol. The number of hydrogen-bond acceptors (Lipinski definition) is 5. The maximum atomic E-state index is 11.7. The third-order valence-corrected chi connectivity index (χ3v) is 3.83. The van der Waals surface area contributed by atoms with Gasteiger partial charge < -0.3 is 10.1 Å². The van der Waals surface area contributed by atoms with Crippen LogP contribution in [0.2, 0.25) is 0 Å². The minimum absolute atomic E-state index is 0.127. The van der Waals surface area contributed by atoms with Crippen molar-refractivity contribution in [1.29, 1.82) is 5.26 Å². The first-order valence-electron chi connectivity index (χ1n) is 6.57. The molecule has 1 heterocycles. The number of hydrogen-bond donors (Lipinski definition) is 1. The van der Waals surface area contributed by atoms with Crippen molar-refractivity contribution in [1.82, 2.24) is 0 Å². The number of nitriles is 1. The Bertz CT molecular complexity index is 715. The summed E-state index contributed by atoms with van der Waals surface area (Å²) in [6.45, 7) is 1.54. The minimum Gasteiger partial charge on any atom is -0.455 e. The molecular formula is C16H14N2O3S. The summed E-state index contributed by atoms with van der Waals surface area (Å²) in [5.41, 5.74) is 2.27. The molecule has 1 aromatic heterocycles. The highest BCUT2D eigenvalue weighted by atomic mass is 32.1. The maximum Gasteiger partial charge on any atom is 0.310 e. The lowest BCUT2D eigenvalue weighted by Gasteiger charge is -2.07. The molecule has 0 aliphatic heterocycles. The van der Waals surface area contributed by atoms with Crippen LogP contribution in [0.1, 0.15) is 16.7 Å². The predicted octanol–water partition coefficient (Wildman–Crippen LogP) is 2.65. The lowest BCUT2D eigenvalue weighted by molar-refractivity contribution is -0.146.